The summed E-state index contributed by atoms with van der Waals surface area (Å²) in [5, 5.41) is 7.82. The van der Waals surface area contributed by atoms with E-state index in [1.807, 2.05) is 0 Å². The Morgan fingerprint density at radius 2 is 1.79 bits per heavy atom. The lowest BCUT2D eigenvalue weighted by Gasteiger charge is -2.15. The predicted molar refractivity (Wildman–Crippen MR) is 72.2 cm³/mol. The van der Waals surface area contributed by atoms with Gasteiger partial charge in [0, 0.05) is 13.1 Å². The fourth-order valence-corrected chi connectivity index (χ4v) is 1.61. The second-order valence-corrected chi connectivity index (χ2v) is 4.19. The van der Waals surface area contributed by atoms with Crippen molar-refractivity contribution in [3.8, 4) is 0 Å². The molecule has 0 spiro atoms. The van der Waals surface area contributed by atoms with Gasteiger partial charge in [-0.1, -0.05) is 0 Å². The van der Waals surface area contributed by atoms with E-state index in [1.54, 1.807) is 0 Å². The summed E-state index contributed by atoms with van der Waals surface area (Å²) in [5.41, 5.74) is 5.36. The summed E-state index contributed by atoms with van der Waals surface area (Å²) in [6.45, 7) is 1.75. The second-order valence-electron chi connectivity index (χ2n) is 4.19. The van der Waals surface area contributed by atoms with Gasteiger partial charge in [0.2, 0.25) is 18.7 Å². The van der Waals surface area contributed by atoms with Gasteiger partial charge in [-0.2, -0.15) is 0 Å². The molecule has 1 atom stereocenters. The van der Waals surface area contributed by atoms with Crippen molar-refractivity contribution in [2.24, 2.45) is 5.73 Å². The molecule has 3 amide bonds. The number of unbranched alkanes of at least 4 members (excludes halogenated alkanes) is 2. The van der Waals surface area contributed by atoms with Gasteiger partial charge in [0.15, 0.2) is 0 Å². The van der Waals surface area contributed by atoms with Crippen molar-refractivity contribution in [3.63, 3.8) is 0 Å². The molecule has 7 nitrogen and oxygen atoms in total. The highest BCUT2D eigenvalue weighted by Gasteiger charge is 2.16. The third-order valence-corrected chi connectivity index (χ3v) is 2.66. The van der Waals surface area contributed by atoms with E-state index < -0.39 is 6.04 Å². The summed E-state index contributed by atoms with van der Waals surface area (Å²) in [5.74, 6) is -0.174. The van der Waals surface area contributed by atoms with Crippen molar-refractivity contribution in [3.05, 3.63) is 0 Å². The highest BCUT2D eigenvalue weighted by Crippen LogP contribution is 2.00. The fourth-order valence-electron chi connectivity index (χ4n) is 1.61. The number of hydrogen-bond donors (Lipinski definition) is 4. The first-order valence-corrected chi connectivity index (χ1v) is 6.60. The van der Waals surface area contributed by atoms with Gasteiger partial charge in [-0.3, -0.25) is 14.4 Å². The van der Waals surface area contributed by atoms with Crippen LogP contribution in [-0.2, 0) is 14.4 Å². The molecule has 0 aliphatic heterocycles. The predicted octanol–water partition coefficient (Wildman–Crippen LogP) is -1.13. The molecule has 0 heterocycles. The van der Waals surface area contributed by atoms with E-state index >= 15 is 0 Å². The largest absolute Gasteiger partial charge is 0.359 e. The van der Waals surface area contributed by atoms with Crippen molar-refractivity contribution in [1.82, 2.24) is 16.0 Å². The number of rotatable bonds is 13. The molecule has 0 saturated carbocycles. The number of carbonyl (C=O) groups is 3. The Labute approximate surface area is 113 Å². The SMILES string of the molecule is NCCCCNC(=O)C(CCCCNC=O)NC=O. The van der Waals surface area contributed by atoms with Crippen LogP contribution in [0.4, 0.5) is 0 Å². The Morgan fingerprint density at radius 1 is 1.05 bits per heavy atom. The zero-order chi connectivity index (χ0) is 14.3. The summed E-state index contributed by atoms with van der Waals surface area (Å²) < 4.78 is 0. The maximum Gasteiger partial charge on any atom is 0.242 e. The number of nitrogens with one attached hydrogen (secondary N) is 3. The average molecular weight is 272 g/mol. The van der Waals surface area contributed by atoms with Crippen LogP contribution in [0.3, 0.4) is 0 Å². The van der Waals surface area contributed by atoms with Gasteiger partial charge in [-0.25, -0.2) is 0 Å². The number of hydrogen-bond acceptors (Lipinski definition) is 4. The standard InChI is InChI=1S/C12H24N4O3/c13-6-2-4-8-15-12(19)11(16-10-18)5-1-3-7-14-9-17/h9-11H,1-8,13H2,(H,14,17)(H,15,19)(H,16,18). The van der Waals surface area contributed by atoms with Gasteiger partial charge in [-0.15, -0.1) is 0 Å². The minimum atomic E-state index is -0.508. The van der Waals surface area contributed by atoms with Gasteiger partial charge < -0.3 is 21.7 Å². The lowest BCUT2D eigenvalue weighted by molar-refractivity contribution is -0.125. The maximum absolute atomic E-state index is 11.8. The quantitative estimate of drug-likeness (QED) is 0.251. The van der Waals surface area contributed by atoms with E-state index in [0.29, 0.717) is 38.9 Å². The highest BCUT2D eigenvalue weighted by molar-refractivity contribution is 5.83. The smallest absolute Gasteiger partial charge is 0.242 e. The summed E-state index contributed by atoms with van der Waals surface area (Å²) in [6.07, 6.45) is 4.96. The Hall–Kier alpha value is -1.63. The van der Waals surface area contributed by atoms with E-state index in [9.17, 15) is 14.4 Å². The van der Waals surface area contributed by atoms with Crippen molar-refractivity contribution in [2.75, 3.05) is 19.6 Å². The molecule has 0 aromatic rings. The van der Waals surface area contributed by atoms with Crippen LogP contribution in [0.1, 0.15) is 32.1 Å². The van der Waals surface area contributed by atoms with Crippen LogP contribution in [0.5, 0.6) is 0 Å². The first-order chi connectivity index (χ1) is 9.26. The van der Waals surface area contributed by atoms with Crippen molar-refractivity contribution >= 4 is 18.7 Å². The third-order valence-electron chi connectivity index (χ3n) is 2.66. The van der Waals surface area contributed by atoms with Gasteiger partial charge in [0.25, 0.3) is 0 Å². The molecule has 5 N–H and O–H groups in total. The van der Waals surface area contributed by atoms with Gasteiger partial charge >= 0.3 is 0 Å². The molecule has 0 radical (unpaired) electrons. The lowest BCUT2D eigenvalue weighted by atomic mass is 10.1. The third kappa shape index (κ3) is 10.0. The number of amides is 3. The first kappa shape index (κ1) is 17.4. The molecule has 1 unspecified atom stereocenters. The molecule has 0 bridgehead atoms. The summed E-state index contributed by atoms with van der Waals surface area (Å²) >= 11 is 0. The molecule has 7 heteroatoms. The zero-order valence-electron chi connectivity index (χ0n) is 11.2. The maximum atomic E-state index is 11.8. The summed E-state index contributed by atoms with van der Waals surface area (Å²) in [7, 11) is 0. The molecular formula is C12H24N4O3. The first-order valence-electron chi connectivity index (χ1n) is 6.60. The molecule has 0 rings (SSSR count). The molecular weight excluding hydrogens is 248 g/mol. The Kier molecular flexibility index (Phi) is 11.7. The molecule has 0 aliphatic rings. The lowest BCUT2D eigenvalue weighted by Crippen LogP contribution is -2.44. The Balaban J connectivity index is 3.83. The van der Waals surface area contributed by atoms with Crippen molar-refractivity contribution in [2.45, 2.75) is 38.1 Å². The van der Waals surface area contributed by atoms with Crippen LogP contribution in [0, 0.1) is 0 Å². The van der Waals surface area contributed by atoms with Gasteiger partial charge in [-0.05, 0) is 38.6 Å². The van der Waals surface area contributed by atoms with Gasteiger partial charge in [0.05, 0.1) is 0 Å². The van der Waals surface area contributed by atoms with Crippen LogP contribution in [0.25, 0.3) is 0 Å². The van der Waals surface area contributed by atoms with Crippen LogP contribution in [0.15, 0.2) is 0 Å². The molecule has 110 valence electrons. The molecule has 0 saturated heterocycles. The van der Waals surface area contributed by atoms with Crippen LogP contribution < -0.4 is 21.7 Å². The normalized spacial score (nSPS) is 11.4. The number of nitrogens with two attached hydrogens (primary N) is 1. The molecule has 0 aromatic heterocycles. The molecule has 19 heavy (non-hydrogen) atoms. The minimum absolute atomic E-state index is 0.174. The Bertz CT molecular complexity index is 261. The van der Waals surface area contributed by atoms with Crippen molar-refractivity contribution in [1.29, 1.82) is 0 Å². The molecule has 0 aliphatic carbocycles. The topological polar surface area (TPSA) is 113 Å². The highest BCUT2D eigenvalue weighted by atomic mass is 16.2. The monoisotopic (exact) mass is 272 g/mol. The van der Waals surface area contributed by atoms with Crippen LogP contribution >= 0.6 is 0 Å². The van der Waals surface area contributed by atoms with Crippen molar-refractivity contribution < 1.29 is 14.4 Å². The molecule has 0 fully saturated rings. The molecule has 0 aromatic carbocycles. The van der Waals surface area contributed by atoms with E-state index in [1.165, 1.54) is 0 Å². The zero-order valence-corrected chi connectivity index (χ0v) is 11.2. The van der Waals surface area contributed by atoms with E-state index in [0.717, 1.165) is 25.7 Å². The van der Waals surface area contributed by atoms with E-state index in [4.69, 9.17) is 5.73 Å². The van der Waals surface area contributed by atoms with Gasteiger partial charge in [0.1, 0.15) is 6.04 Å². The second kappa shape index (κ2) is 12.8. The Morgan fingerprint density at radius 3 is 2.42 bits per heavy atom. The average Bonchev–Trinajstić information content (AvgIpc) is 2.42. The van der Waals surface area contributed by atoms with Crippen LogP contribution in [-0.4, -0.2) is 44.4 Å². The minimum Gasteiger partial charge on any atom is -0.359 e. The summed E-state index contributed by atoms with van der Waals surface area (Å²) in [4.78, 5) is 32.3. The van der Waals surface area contributed by atoms with E-state index in [2.05, 4.69) is 16.0 Å². The fraction of sp³-hybridized carbons (Fsp3) is 0.750. The number of carbonyl (C=O) groups excluding carboxylic acids is 3. The van der Waals surface area contributed by atoms with E-state index in [-0.39, 0.29) is 5.91 Å². The summed E-state index contributed by atoms with van der Waals surface area (Å²) in [6, 6.07) is -0.508. The van der Waals surface area contributed by atoms with Crippen LogP contribution in [0.2, 0.25) is 0 Å².